The van der Waals surface area contributed by atoms with E-state index in [1.165, 1.54) is 5.56 Å². The zero-order chi connectivity index (χ0) is 13.5. The van der Waals surface area contributed by atoms with E-state index in [1.54, 1.807) is 0 Å². The van der Waals surface area contributed by atoms with Crippen LogP contribution in [0.4, 0.5) is 5.82 Å². The fourth-order valence-electron chi connectivity index (χ4n) is 2.66. The van der Waals surface area contributed by atoms with Crippen LogP contribution in [0.5, 0.6) is 0 Å². The van der Waals surface area contributed by atoms with E-state index in [0.29, 0.717) is 0 Å². The molecule has 4 heteroatoms. The van der Waals surface area contributed by atoms with Crippen LogP contribution in [-0.4, -0.2) is 28.5 Å². The highest BCUT2D eigenvalue weighted by atomic mass is 15.2. The Morgan fingerprint density at radius 2 is 1.90 bits per heavy atom. The number of fused-ring (bicyclic) bond motifs is 2. The third-order valence-corrected chi connectivity index (χ3v) is 3.77. The predicted octanol–water partition coefficient (Wildman–Crippen LogP) is 2.68. The van der Waals surface area contributed by atoms with Crippen LogP contribution in [-0.2, 0) is 6.42 Å². The minimum absolute atomic E-state index is 0.883. The average molecular weight is 262 g/mol. The van der Waals surface area contributed by atoms with Crippen LogP contribution in [0.25, 0.3) is 22.3 Å². The first-order chi connectivity index (χ1) is 9.81. The molecule has 98 valence electrons. The summed E-state index contributed by atoms with van der Waals surface area (Å²) in [6, 6.07) is 10.1. The van der Waals surface area contributed by atoms with Gasteiger partial charge in [0.2, 0.25) is 0 Å². The number of nitrogens with zero attached hydrogens (tertiary/aromatic N) is 4. The number of hydrogen-bond acceptors (Lipinski definition) is 4. The Hall–Kier alpha value is -2.49. The highest BCUT2D eigenvalue weighted by Gasteiger charge is 2.18. The first-order valence-corrected chi connectivity index (χ1v) is 6.73. The van der Waals surface area contributed by atoms with Crippen molar-refractivity contribution in [2.24, 2.45) is 0 Å². The van der Waals surface area contributed by atoms with Crippen molar-refractivity contribution in [2.75, 3.05) is 18.5 Å². The minimum Gasteiger partial charge on any atom is -0.359 e. The first-order valence-electron chi connectivity index (χ1n) is 6.73. The lowest BCUT2D eigenvalue weighted by Gasteiger charge is -2.10. The largest absolute Gasteiger partial charge is 0.359 e. The molecule has 0 unspecified atom stereocenters. The Labute approximate surface area is 117 Å². The van der Waals surface area contributed by atoms with E-state index >= 15 is 0 Å². The second-order valence-electron chi connectivity index (χ2n) is 5.12. The predicted molar refractivity (Wildman–Crippen MR) is 79.7 cm³/mol. The molecule has 0 saturated carbocycles. The Balaban J connectivity index is 1.83. The minimum atomic E-state index is 0.883. The molecular weight excluding hydrogens is 248 g/mol. The quantitative estimate of drug-likeness (QED) is 0.676. The van der Waals surface area contributed by atoms with Gasteiger partial charge < -0.3 is 4.90 Å². The lowest BCUT2D eigenvalue weighted by molar-refractivity contribution is 0.945. The van der Waals surface area contributed by atoms with E-state index < -0.39 is 0 Å². The van der Waals surface area contributed by atoms with E-state index in [4.69, 9.17) is 0 Å². The van der Waals surface area contributed by atoms with Crippen molar-refractivity contribution in [1.82, 2.24) is 15.0 Å². The standard InChI is InChI=1S/C16H14N4/c1-20-7-6-11-8-12(9-18-16(11)20)15-10-17-13-4-2-3-5-14(13)19-15/h2-5,8-10H,6-7H2,1H3. The summed E-state index contributed by atoms with van der Waals surface area (Å²) < 4.78 is 0. The lowest BCUT2D eigenvalue weighted by atomic mass is 10.1. The summed E-state index contributed by atoms with van der Waals surface area (Å²) in [5.74, 6) is 1.09. The molecule has 20 heavy (non-hydrogen) atoms. The maximum Gasteiger partial charge on any atom is 0.131 e. The molecule has 1 aliphatic rings. The van der Waals surface area contributed by atoms with E-state index in [1.807, 2.05) is 36.7 Å². The number of anilines is 1. The number of hydrogen-bond donors (Lipinski definition) is 0. The van der Waals surface area contributed by atoms with Crippen LogP contribution in [0.1, 0.15) is 5.56 Å². The molecule has 4 nitrogen and oxygen atoms in total. The molecule has 0 N–H and O–H groups in total. The number of pyridine rings is 1. The molecule has 1 aromatic carbocycles. The van der Waals surface area contributed by atoms with Gasteiger partial charge >= 0.3 is 0 Å². The van der Waals surface area contributed by atoms with Gasteiger partial charge in [-0.3, -0.25) is 4.98 Å². The highest BCUT2D eigenvalue weighted by Crippen LogP contribution is 2.28. The summed E-state index contributed by atoms with van der Waals surface area (Å²) in [5.41, 5.74) is 5.05. The van der Waals surface area contributed by atoms with Crippen LogP contribution >= 0.6 is 0 Å². The molecule has 2 aromatic heterocycles. The van der Waals surface area contributed by atoms with E-state index in [0.717, 1.165) is 41.1 Å². The summed E-state index contributed by atoms with van der Waals surface area (Å²) in [4.78, 5) is 15.9. The number of aromatic nitrogens is 3. The van der Waals surface area contributed by atoms with Gasteiger partial charge in [0.1, 0.15) is 5.82 Å². The van der Waals surface area contributed by atoms with Crippen LogP contribution in [0.3, 0.4) is 0 Å². The van der Waals surface area contributed by atoms with Crippen molar-refractivity contribution in [3.8, 4) is 11.3 Å². The Bertz CT molecular complexity index is 797. The molecule has 1 aliphatic heterocycles. The van der Waals surface area contributed by atoms with Crippen molar-refractivity contribution in [3.05, 3.63) is 48.3 Å². The zero-order valence-electron chi connectivity index (χ0n) is 11.2. The molecule has 4 rings (SSSR count). The maximum atomic E-state index is 4.67. The monoisotopic (exact) mass is 262 g/mol. The van der Waals surface area contributed by atoms with Gasteiger partial charge in [0.25, 0.3) is 0 Å². The van der Waals surface area contributed by atoms with Crippen LogP contribution in [0.15, 0.2) is 42.7 Å². The summed E-state index contributed by atoms with van der Waals surface area (Å²) in [6.07, 6.45) is 4.76. The lowest BCUT2D eigenvalue weighted by Crippen LogP contribution is -2.13. The fourth-order valence-corrected chi connectivity index (χ4v) is 2.66. The topological polar surface area (TPSA) is 41.9 Å². The molecule has 0 fully saturated rings. The fraction of sp³-hybridized carbons (Fsp3) is 0.188. The third kappa shape index (κ3) is 1.72. The summed E-state index contributed by atoms with van der Waals surface area (Å²) in [6.45, 7) is 1.04. The normalized spacial score (nSPS) is 13.8. The van der Waals surface area contributed by atoms with Gasteiger partial charge in [0, 0.05) is 25.4 Å². The van der Waals surface area contributed by atoms with Crippen LogP contribution in [0, 0.1) is 0 Å². The zero-order valence-corrected chi connectivity index (χ0v) is 11.2. The van der Waals surface area contributed by atoms with Crippen LogP contribution < -0.4 is 4.90 Å². The smallest absolute Gasteiger partial charge is 0.131 e. The summed E-state index contributed by atoms with van der Waals surface area (Å²) in [5, 5.41) is 0. The Kier molecular flexibility index (Phi) is 2.42. The van der Waals surface area contributed by atoms with Gasteiger partial charge in [-0.15, -0.1) is 0 Å². The molecule has 0 atom stereocenters. The van der Waals surface area contributed by atoms with Crippen LogP contribution in [0.2, 0.25) is 0 Å². The van der Waals surface area contributed by atoms with Gasteiger partial charge in [-0.05, 0) is 30.2 Å². The Morgan fingerprint density at radius 1 is 1.05 bits per heavy atom. The van der Waals surface area contributed by atoms with Gasteiger partial charge in [-0.1, -0.05) is 12.1 Å². The molecule has 0 amide bonds. The number of para-hydroxylation sites is 2. The Morgan fingerprint density at radius 3 is 2.80 bits per heavy atom. The maximum absolute atomic E-state index is 4.67. The average Bonchev–Trinajstić information content (AvgIpc) is 2.88. The molecule has 0 aliphatic carbocycles. The third-order valence-electron chi connectivity index (χ3n) is 3.77. The number of likely N-dealkylation sites (N-methyl/N-ethyl adjacent to an activating group) is 1. The molecule has 0 spiro atoms. The van der Waals surface area contributed by atoms with Crippen molar-refractivity contribution in [3.63, 3.8) is 0 Å². The molecule has 0 saturated heterocycles. The van der Waals surface area contributed by atoms with Crippen molar-refractivity contribution >= 4 is 16.9 Å². The molecule has 0 bridgehead atoms. The summed E-state index contributed by atoms with van der Waals surface area (Å²) >= 11 is 0. The van der Waals surface area contributed by atoms with Gasteiger partial charge in [0.05, 0.1) is 22.9 Å². The van der Waals surface area contributed by atoms with E-state index in [2.05, 4.69) is 33.0 Å². The molecular formula is C16H14N4. The molecule has 3 heterocycles. The number of rotatable bonds is 1. The second-order valence-corrected chi connectivity index (χ2v) is 5.12. The van der Waals surface area contributed by atoms with E-state index in [9.17, 15) is 0 Å². The number of benzene rings is 1. The summed E-state index contributed by atoms with van der Waals surface area (Å²) in [7, 11) is 2.08. The first kappa shape index (κ1) is 11.3. The van der Waals surface area contributed by atoms with Crippen molar-refractivity contribution in [1.29, 1.82) is 0 Å². The van der Waals surface area contributed by atoms with Gasteiger partial charge in [-0.25, -0.2) is 9.97 Å². The van der Waals surface area contributed by atoms with Gasteiger partial charge in [-0.2, -0.15) is 0 Å². The van der Waals surface area contributed by atoms with Gasteiger partial charge in [0.15, 0.2) is 0 Å². The molecule has 3 aromatic rings. The second kappa shape index (κ2) is 4.27. The SMILES string of the molecule is CN1CCc2cc(-c3cnc4ccccc4n3)cnc21. The van der Waals surface area contributed by atoms with Crippen molar-refractivity contribution in [2.45, 2.75) is 6.42 Å². The molecule has 0 radical (unpaired) electrons. The van der Waals surface area contributed by atoms with Crippen molar-refractivity contribution < 1.29 is 0 Å². The van der Waals surface area contributed by atoms with E-state index in [-0.39, 0.29) is 0 Å². The highest BCUT2D eigenvalue weighted by molar-refractivity contribution is 5.77.